The summed E-state index contributed by atoms with van der Waals surface area (Å²) in [5.41, 5.74) is 10.8. The van der Waals surface area contributed by atoms with Crippen LogP contribution in [0.2, 0.25) is 0 Å². The predicted octanol–water partition coefficient (Wildman–Crippen LogP) is 12.6. The number of para-hydroxylation sites is 5. The third-order valence-electron chi connectivity index (χ3n) is 11.5. The minimum Gasteiger partial charge on any atom is -0.455 e. The Kier molecular flexibility index (Phi) is 6.10. The van der Waals surface area contributed by atoms with Crippen LogP contribution in [0.3, 0.4) is 0 Å². The normalized spacial score (nSPS) is 11.9. The van der Waals surface area contributed by atoms with E-state index in [1.165, 1.54) is 10.8 Å². The zero-order valence-corrected chi connectivity index (χ0v) is 29.7. The van der Waals surface area contributed by atoms with Crippen LogP contribution in [-0.4, -0.2) is 13.7 Å². The smallest absolute Gasteiger partial charge is 0.145 e. The Balaban J connectivity index is 1.19. The van der Waals surface area contributed by atoms with E-state index in [1.54, 1.807) is 0 Å². The molecule has 56 heavy (non-hydrogen) atoms. The van der Waals surface area contributed by atoms with Crippen molar-refractivity contribution in [2.75, 3.05) is 0 Å². The summed E-state index contributed by atoms with van der Waals surface area (Å²) in [5, 5.41) is 30.3. The van der Waals surface area contributed by atoms with Crippen molar-refractivity contribution in [3.8, 4) is 29.2 Å². The van der Waals surface area contributed by atoms with Gasteiger partial charge in [0, 0.05) is 49.1 Å². The predicted molar refractivity (Wildman–Crippen MR) is 226 cm³/mol. The number of furan rings is 1. The third kappa shape index (κ3) is 3.97. The number of nitrogens with zero attached hydrogens (tertiary/aromatic N) is 5. The summed E-state index contributed by atoms with van der Waals surface area (Å²) in [4.78, 5) is 0. The summed E-state index contributed by atoms with van der Waals surface area (Å²) in [6, 6.07) is 61.1. The highest BCUT2D eigenvalue weighted by Gasteiger charge is 2.24. The van der Waals surface area contributed by atoms with E-state index in [1.807, 2.05) is 66.7 Å². The molecule has 12 rings (SSSR count). The fourth-order valence-electron chi connectivity index (χ4n) is 9.22. The first-order valence-corrected chi connectivity index (χ1v) is 18.6. The Morgan fingerprint density at radius 2 is 0.839 bits per heavy atom. The monoisotopic (exact) mass is 713 g/mol. The molecule has 0 N–H and O–H groups in total. The summed E-state index contributed by atoms with van der Waals surface area (Å²) in [6.45, 7) is 0. The van der Waals surface area contributed by atoms with Gasteiger partial charge in [-0.2, -0.15) is 10.5 Å². The lowest BCUT2D eigenvalue weighted by Crippen LogP contribution is -2.04. The van der Waals surface area contributed by atoms with E-state index < -0.39 is 0 Å². The lowest BCUT2D eigenvalue weighted by atomic mass is 10.1. The molecule has 0 spiro atoms. The molecule has 12 aromatic rings. The number of rotatable bonds is 3. The highest BCUT2D eigenvalue weighted by molar-refractivity contribution is 6.24. The topological polar surface area (TPSA) is 75.5 Å². The minimum atomic E-state index is 0.410. The maximum absolute atomic E-state index is 10.9. The van der Waals surface area contributed by atoms with E-state index in [2.05, 4.69) is 123 Å². The molecule has 4 heterocycles. The van der Waals surface area contributed by atoms with Gasteiger partial charge in [-0.1, -0.05) is 91.0 Å². The van der Waals surface area contributed by atoms with Crippen LogP contribution >= 0.6 is 0 Å². The number of hydrogen-bond acceptors (Lipinski definition) is 3. The second-order valence-electron chi connectivity index (χ2n) is 14.3. The summed E-state index contributed by atoms with van der Waals surface area (Å²) in [5.74, 6) is 0. The van der Waals surface area contributed by atoms with Crippen molar-refractivity contribution < 1.29 is 4.42 Å². The number of benzene rings is 8. The lowest BCUT2D eigenvalue weighted by Gasteiger charge is -2.16. The van der Waals surface area contributed by atoms with Crippen molar-refractivity contribution >= 4 is 87.4 Å². The zero-order chi connectivity index (χ0) is 37.1. The highest BCUT2D eigenvalue weighted by atomic mass is 16.3. The molecule has 0 atom stereocenters. The minimum absolute atomic E-state index is 0.410. The van der Waals surface area contributed by atoms with Gasteiger partial charge in [0.05, 0.1) is 55.3 Å². The molecule has 0 amide bonds. The Bertz CT molecular complexity index is 3600. The Labute approximate surface area is 319 Å². The van der Waals surface area contributed by atoms with Crippen LogP contribution in [0, 0.1) is 22.7 Å². The molecule has 0 unspecified atom stereocenters. The van der Waals surface area contributed by atoms with E-state index in [4.69, 9.17) is 4.42 Å². The summed E-state index contributed by atoms with van der Waals surface area (Å²) >= 11 is 0. The molecule has 0 saturated carbocycles. The van der Waals surface area contributed by atoms with Crippen molar-refractivity contribution in [2.24, 2.45) is 0 Å². The molecule has 4 aromatic heterocycles. The highest BCUT2D eigenvalue weighted by Crippen LogP contribution is 2.43. The average molecular weight is 714 g/mol. The van der Waals surface area contributed by atoms with E-state index in [0.717, 1.165) is 88.0 Å². The van der Waals surface area contributed by atoms with E-state index in [9.17, 15) is 10.5 Å². The number of hydrogen-bond donors (Lipinski definition) is 0. The first-order chi connectivity index (χ1) is 27.7. The second kappa shape index (κ2) is 11.2. The van der Waals surface area contributed by atoms with Crippen molar-refractivity contribution in [3.63, 3.8) is 0 Å². The van der Waals surface area contributed by atoms with Crippen LogP contribution in [0.1, 0.15) is 11.1 Å². The van der Waals surface area contributed by atoms with Gasteiger partial charge >= 0.3 is 0 Å². The molecule has 0 saturated heterocycles. The van der Waals surface area contributed by atoms with Crippen LogP contribution in [0.15, 0.2) is 168 Å². The first-order valence-electron chi connectivity index (χ1n) is 18.6. The van der Waals surface area contributed by atoms with Gasteiger partial charge in [-0.05, 0) is 72.8 Å². The van der Waals surface area contributed by atoms with Gasteiger partial charge in [0.1, 0.15) is 23.3 Å². The quantitative estimate of drug-likeness (QED) is 0.183. The molecule has 0 aliphatic rings. The molecule has 0 bridgehead atoms. The number of fused-ring (bicyclic) bond motifs is 13. The SMILES string of the molecule is N#Cc1cc(-n2c3ccc(-n4c5ccccc5c5ccccc54)cc3c3c4oc5ccccc5c4ccc32)cc(C#N)c1-n1c2ccccc2c2ccccc21. The Hall–Kier alpha value is -8.06. The molecule has 0 radical (unpaired) electrons. The second-order valence-corrected chi connectivity index (χ2v) is 14.3. The zero-order valence-electron chi connectivity index (χ0n) is 29.7. The van der Waals surface area contributed by atoms with Crippen LogP contribution in [0.25, 0.3) is 104 Å². The summed E-state index contributed by atoms with van der Waals surface area (Å²) < 4.78 is 13.3. The van der Waals surface area contributed by atoms with Gasteiger partial charge in [0.15, 0.2) is 0 Å². The number of nitriles is 2. The molecular formula is C50H27N5O. The Morgan fingerprint density at radius 1 is 0.375 bits per heavy atom. The maximum atomic E-state index is 10.9. The maximum Gasteiger partial charge on any atom is 0.145 e. The van der Waals surface area contributed by atoms with Gasteiger partial charge in [0.2, 0.25) is 0 Å². The molecular weight excluding hydrogens is 687 g/mol. The fraction of sp³-hybridized carbons (Fsp3) is 0. The first kappa shape index (κ1) is 30.4. The number of aromatic nitrogens is 3. The molecule has 6 heteroatoms. The average Bonchev–Trinajstić information content (AvgIpc) is 3.99. The molecule has 6 nitrogen and oxygen atoms in total. The van der Waals surface area contributed by atoms with Crippen LogP contribution in [0.4, 0.5) is 0 Å². The fourth-order valence-corrected chi connectivity index (χ4v) is 9.22. The third-order valence-corrected chi connectivity index (χ3v) is 11.5. The molecule has 0 aliphatic carbocycles. The summed E-state index contributed by atoms with van der Waals surface area (Å²) in [7, 11) is 0. The van der Waals surface area contributed by atoms with Gasteiger partial charge in [-0.25, -0.2) is 0 Å². The van der Waals surface area contributed by atoms with Crippen LogP contribution in [0.5, 0.6) is 0 Å². The van der Waals surface area contributed by atoms with E-state index in [-0.39, 0.29) is 0 Å². The summed E-state index contributed by atoms with van der Waals surface area (Å²) in [6.07, 6.45) is 0. The van der Waals surface area contributed by atoms with E-state index in [0.29, 0.717) is 16.8 Å². The van der Waals surface area contributed by atoms with Gasteiger partial charge in [-0.3, -0.25) is 0 Å². The standard InChI is InChI=1S/C50H27N5O/c51-28-30-25-33(26-31(29-52)49(30)55-43-18-8-3-13-36(43)37-14-4-9-19-44(37)55)54-45-23-21-32(53-41-16-6-1-11-34(41)35-12-2-7-17-42(35)53)27-40(45)48-46(54)24-22-39-38-15-5-10-20-47(38)56-50(39)48/h1-27H. The van der Waals surface area contributed by atoms with Crippen molar-refractivity contribution in [1.82, 2.24) is 13.7 Å². The van der Waals surface area contributed by atoms with Crippen molar-refractivity contribution in [3.05, 3.63) is 175 Å². The molecule has 8 aromatic carbocycles. The van der Waals surface area contributed by atoms with E-state index >= 15 is 0 Å². The molecule has 0 fully saturated rings. The molecule has 258 valence electrons. The van der Waals surface area contributed by atoms with Crippen molar-refractivity contribution in [1.29, 1.82) is 10.5 Å². The lowest BCUT2D eigenvalue weighted by molar-refractivity contribution is 0.673. The Morgan fingerprint density at radius 3 is 1.41 bits per heavy atom. The van der Waals surface area contributed by atoms with Gasteiger partial charge < -0.3 is 18.1 Å². The van der Waals surface area contributed by atoms with Crippen LogP contribution < -0.4 is 0 Å². The van der Waals surface area contributed by atoms with Gasteiger partial charge in [0.25, 0.3) is 0 Å². The van der Waals surface area contributed by atoms with Crippen molar-refractivity contribution in [2.45, 2.75) is 0 Å². The largest absolute Gasteiger partial charge is 0.455 e. The molecule has 0 aliphatic heterocycles. The van der Waals surface area contributed by atoms with Crippen LogP contribution in [-0.2, 0) is 0 Å². The van der Waals surface area contributed by atoms with Gasteiger partial charge in [-0.15, -0.1) is 0 Å².